The van der Waals surface area contributed by atoms with Crippen molar-refractivity contribution in [3.8, 4) is 0 Å². The van der Waals surface area contributed by atoms with E-state index in [1.165, 1.54) is 19.3 Å². The Hall–Kier alpha value is -3.79. The van der Waals surface area contributed by atoms with Crippen LogP contribution in [0.25, 0.3) is 0 Å². The molecule has 4 fully saturated rings. The maximum absolute atomic E-state index is 13.9. The molecule has 324 valence electrons. The summed E-state index contributed by atoms with van der Waals surface area (Å²) in [6.45, 7) is 2.39. The topological polar surface area (TPSA) is 257 Å². The number of ketones is 1. The number of hydrogen-bond donors (Lipinski definition) is 7. The number of rotatable bonds is 16. The number of nitrogens with two attached hydrogens (primary N) is 1. The van der Waals surface area contributed by atoms with Gasteiger partial charge < -0.3 is 64.8 Å². The van der Waals surface area contributed by atoms with Crippen molar-refractivity contribution in [1.82, 2.24) is 4.90 Å². The van der Waals surface area contributed by atoms with Gasteiger partial charge in [0.25, 0.3) is 5.91 Å². The molecular weight excluding hydrogens is 819 g/mol. The van der Waals surface area contributed by atoms with Crippen molar-refractivity contribution in [2.75, 3.05) is 20.3 Å². The number of methoxy groups -OCH3 is 1. The van der Waals surface area contributed by atoms with Crippen molar-refractivity contribution in [2.45, 2.75) is 100 Å². The lowest BCUT2D eigenvalue weighted by molar-refractivity contribution is -0.338. The molecule has 0 aliphatic carbocycles. The van der Waals surface area contributed by atoms with Crippen molar-refractivity contribution >= 4 is 40.8 Å². The summed E-state index contributed by atoms with van der Waals surface area (Å²) >= 11 is 11.9. The number of aliphatic hydroxyl groups is 6. The van der Waals surface area contributed by atoms with Crippen LogP contribution in [0, 0.1) is 0 Å². The van der Waals surface area contributed by atoms with Gasteiger partial charge in [-0.25, -0.2) is 0 Å². The van der Waals surface area contributed by atoms with Crippen LogP contribution in [0.2, 0.25) is 0 Å². The first kappa shape index (κ1) is 47.9. The Morgan fingerprint density at radius 3 is 2.10 bits per heavy atom. The van der Waals surface area contributed by atoms with Gasteiger partial charge in [-0.2, -0.15) is 0 Å². The second-order valence-electron chi connectivity index (χ2n) is 13.7. The van der Waals surface area contributed by atoms with Gasteiger partial charge in [0.05, 0.1) is 25.7 Å². The highest BCUT2D eigenvalue weighted by Gasteiger charge is 2.56. The van der Waals surface area contributed by atoms with E-state index in [-0.39, 0.29) is 0 Å². The number of aliphatic hydroxyl groups excluding tert-OH is 6. The molecular formula is C40H50Cl2N2O15. The van der Waals surface area contributed by atoms with E-state index in [4.69, 9.17) is 57.4 Å². The molecule has 4 aliphatic heterocycles. The third-order valence-corrected chi connectivity index (χ3v) is 9.81. The maximum Gasteiger partial charge on any atom is 0.264 e. The van der Waals surface area contributed by atoms with E-state index in [0.29, 0.717) is 10.1 Å². The molecule has 0 spiro atoms. The molecule has 4 saturated heterocycles. The molecule has 0 aromatic heterocycles. The first-order chi connectivity index (χ1) is 28.1. The third kappa shape index (κ3) is 12.6. The molecule has 4 heterocycles. The molecule has 0 aromatic carbocycles. The molecule has 4 rings (SSSR count). The SMILES string of the molecule is COC1C(OC2COC(OC3C(O)C(O)COC3N3C(=O)C(=C(O)C=CC=CC=CC=CC=C(Cl)C=CC=CC=C(C)Cl)C(=O)C3CC(N)=O)C(O)C2O)OC(C)C1O. The van der Waals surface area contributed by atoms with Crippen LogP contribution in [0.3, 0.4) is 0 Å². The zero-order valence-corrected chi connectivity index (χ0v) is 33.9. The van der Waals surface area contributed by atoms with E-state index in [0.717, 1.165) is 11.0 Å². The van der Waals surface area contributed by atoms with Crippen molar-refractivity contribution in [3.63, 3.8) is 0 Å². The van der Waals surface area contributed by atoms with Gasteiger partial charge in [-0.3, -0.25) is 19.3 Å². The fraction of sp³-hybridized carbons (Fsp3) is 0.475. The highest BCUT2D eigenvalue weighted by atomic mass is 35.5. The molecule has 0 radical (unpaired) electrons. The van der Waals surface area contributed by atoms with Gasteiger partial charge in [-0.05, 0) is 38.2 Å². The number of likely N-dealkylation sites (tertiary alicyclic amines) is 1. The van der Waals surface area contributed by atoms with Crippen LogP contribution in [0.5, 0.6) is 0 Å². The molecule has 2 amide bonds. The number of primary amides is 1. The zero-order chi connectivity index (χ0) is 43.4. The molecule has 8 N–H and O–H groups in total. The molecule has 0 saturated carbocycles. The molecule has 4 aliphatic rings. The van der Waals surface area contributed by atoms with Gasteiger partial charge in [0.2, 0.25) is 5.91 Å². The Bertz CT molecular complexity index is 1770. The van der Waals surface area contributed by atoms with Gasteiger partial charge in [0.1, 0.15) is 66.2 Å². The van der Waals surface area contributed by atoms with Crippen molar-refractivity contribution in [1.29, 1.82) is 0 Å². The number of Topliss-reactive ketones (excluding diaryl/α,β-unsaturated/α-hetero) is 1. The third-order valence-electron chi connectivity index (χ3n) is 9.43. The minimum Gasteiger partial charge on any atom is -0.507 e. The van der Waals surface area contributed by atoms with Crippen LogP contribution in [0.1, 0.15) is 20.3 Å². The first-order valence-electron chi connectivity index (χ1n) is 18.5. The Balaban J connectivity index is 1.45. The van der Waals surface area contributed by atoms with Crippen LogP contribution in [-0.2, 0) is 42.8 Å². The summed E-state index contributed by atoms with van der Waals surface area (Å²) in [6, 6.07) is -1.63. The number of carbonyl (C=O) groups is 3. The predicted octanol–water partition coefficient (Wildman–Crippen LogP) is 1.10. The van der Waals surface area contributed by atoms with E-state index in [2.05, 4.69) is 0 Å². The van der Waals surface area contributed by atoms with E-state index in [9.17, 15) is 45.0 Å². The van der Waals surface area contributed by atoms with Crippen LogP contribution in [0.4, 0.5) is 0 Å². The van der Waals surface area contributed by atoms with Gasteiger partial charge in [0.15, 0.2) is 24.6 Å². The smallest absolute Gasteiger partial charge is 0.264 e. The number of nitrogens with zero attached hydrogens (tertiary/aromatic N) is 1. The Labute approximate surface area is 350 Å². The number of amides is 2. The largest absolute Gasteiger partial charge is 0.507 e. The molecule has 13 atom stereocenters. The lowest BCUT2D eigenvalue weighted by Crippen LogP contribution is -2.65. The van der Waals surface area contributed by atoms with Crippen LogP contribution in [0.15, 0.2) is 106 Å². The fourth-order valence-electron chi connectivity index (χ4n) is 6.39. The van der Waals surface area contributed by atoms with E-state index >= 15 is 0 Å². The summed E-state index contributed by atoms with van der Waals surface area (Å²) in [5.41, 5.74) is 4.71. The van der Waals surface area contributed by atoms with E-state index in [1.54, 1.807) is 80.7 Å². The number of halogens is 2. The summed E-state index contributed by atoms with van der Waals surface area (Å²) in [4.78, 5) is 40.3. The minimum absolute atomic E-state index is 0.406. The molecule has 13 unspecified atom stereocenters. The quantitative estimate of drug-likeness (QED) is 0.0496. The fourth-order valence-corrected chi connectivity index (χ4v) is 6.61. The maximum atomic E-state index is 13.9. The van der Waals surface area contributed by atoms with Gasteiger partial charge in [0, 0.05) is 17.2 Å². The summed E-state index contributed by atoms with van der Waals surface area (Å²) in [6.07, 6.45) is 4.97. The number of allylic oxidation sites excluding steroid dienone is 16. The second-order valence-corrected chi connectivity index (χ2v) is 14.8. The lowest BCUT2D eigenvalue weighted by atomic mass is 10.0. The van der Waals surface area contributed by atoms with Gasteiger partial charge in [-0.1, -0.05) is 84.0 Å². The van der Waals surface area contributed by atoms with Crippen molar-refractivity contribution in [3.05, 3.63) is 106 Å². The highest BCUT2D eigenvalue weighted by molar-refractivity contribution is 6.31. The molecule has 0 bridgehead atoms. The molecule has 59 heavy (non-hydrogen) atoms. The monoisotopic (exact) mass is 868 g/mol. The normalized spacial score (nSPS) is 36.3. The summed E-state index contributed by atoms with van der Waals surface area (Å²) in [7, 11) is 1.34. The van der Waals surface area contributed by atoms with Crippen molar-refractivity contribution in [2.24, 2.45) is 5.73 Å². The summed E-state index contributed by atoms with van der Waals surface area (Å²) in [5, 5.41) is 65.8. The summed E-state index contributed by atoms with van der Waals surface area (Å²) < 4.78 is 33.7. The standard InChI is InChI=1S/C40H50Cl2N2O15/c1-21(41)14-10-9-12-16-23(42)15-11-7-5-4-6-8-13-17-25(45)29-31(49)24(18-28(43)47)44(37(29)53)38-35(32(50)26(46)19-55-38)59-39-34(52)33(51)27(20-56-39)58-40-36(54-3)30(48)22(2)57-40/h4-17,22,24,26-27,30,32-36,38-40,45-46,48,50-52H,18-20H2,1-3H3,(H2,43,47). The average molecular weight is 870 g/mol. The zero-order valence-electron chi connectivity index (χ0n) is 32.3. The van der Waals surface area contributed by atoms with Crippen molar-refractivity contribution < 1.29 is 73.4 Å². The summed E-state index contributed by atoms with van der Waals surface area (Å²) in [5.74, 6) is -3.84. The second kappa shape index (κ2) is 22.7. The highest BCUT2D eigenvalue weighted by Crippen LogP contribution is 2.35. The lowest BCUT2D eigenvalue weighted by Gasteiger charge is -2.46. The molecule has 0 aromatic rings. The van der Waals surface area contributed by atoms with Crippen LogP contribution >= 0.6 is 23.2 Å². The Kier molecular flexibility index (Phi) is 18.4. The van der Waals surface area contributed by atoms with Gasteiger partial charge in [-0.15, -0.1) is 0 Å². The number of carbonyl (C=O) groups excluding carboxylic acids is 3. The van der Waals surface area contributed by atoms with Crippen LogP contribution < -0.4 is 5.73 Å². The Morgan fingerprint density at radius 1 is 0.814 bits per heavy atom. The number of ether oxygens (including phenoxy) is 6. The van der Waals surface area contributed by atoms with E-state index < -0.39 is 128 Å². The van der Waals surface area contributed by atoms with E-state index in [1.807, 2.05) is 0 Å². The van der Waals surface area contributed by atoms with Crippen LogP contribution in [-0.4, -0.2) is 153 Å². The predicted molar refractivity (Wildman–Crippen MR) is 212 cm³/mol. The average Bonchev–Trinajstić information content (AvgIpc) is 3.59. The number of hydrogen-bond acceptors (Lipinski definition) is 15. The van der Waals surface area contributed by atoms with Gasteiger partial charge >= 0.3 is 0 Å². The molecule has 17 nitrogen and oxygen atoms in total. The first-order valence-corrected chi connectivity index (χ1v) is 19.2. The molecule has 19 heteroatoms. The minimum atomic E-state index is -1.86. The Morgan fingerprint density at radius 2 is 1.44 bits per heavy atom.